The summed E-state index contributed by atoms with van der Waals surface area (Å²) in [6.45, 7) is 7.74. The first-order valence-corrected chi connectivity index (χ1v) is 8.37. The highest BCUT2D eigenvalue weighted by molar-refractivity contribution is 14.0. The summed E-state index contributed by atoms with van der Waals surface area (Å²) in [5.41, 5.74) is 1.24. The lowest BCUT2D eigenvalue weighted by Crippen LogP contribution is -2.40. The van der Waals surface area contributed by atoms with Gasteiger partial charge in [-0.1, -0.05) is 37.3 Å². The molecule has 1 atom stereocenters. The lowest BCUT2D eigenvalue weighted by Gasteiger charge is -2.23. The standard InChI is InChI=1S/C18H30N4.HI/c1-16(15-22-11-7-8-12-22)13-19-18(21(2)3)20-14-17-9-5-4-6-10-17;/h4-6,9-10,16H,7-8,11-15H2,1-3H3,(H,19,20);1H. The highest BCUT2D eigenvalue weighted by Gasteiger charge is 2.15. The first-order chi connectivity index (χ1) is 10.6. The van der Waals surface area contributed by atoms with Crippen LogP contribution in [0.2, 0.25) is 0 Å². The highest BCUT2D eigenvalue weighted by atomic mass is 127. The maximum atomic E-state index is 4.72. The van der Waals surface area contributed by atoms with Crippen LogP contribution in [0.4, 0.5) is 0 Å². The molecule has 23 heavy (non-hydrogen) atoms. The minimum absolute atomic E-state index is 0. The molecular weight excluding hydrogens is 399 g/mol. The lowest BCUT2D eigenvalue weighted by molar-refractivity contribution is 0.287. The van der Waals surface area contributed by atoms with Crippen molar-refractivity contribution < 1.29 is 0 Å². The van der Waals surface area contributed by atoms with E-state index in [4.69, 9.17) is 4.99 Å². The number of likely N-dealkylation sites (tertiary alicyclic amines) is 1. The quantitative estimate of drug-likeness (QED) is 0.428. The van der Waals surface area contributed by atoms with Crippen molar-refractivity contribution in [3.05, 3.63) is 35.9 Å². The van der Waals surface area contributed by atoms with Crippen LogP contribution < -0.4 is 5.32 Å². The van der Waals surface area contributed by atoms with Crippen LogP contribution in [0.3, 0.4) is 0 Å². The normalized spacial score (nSPS) is 16.7. The third-order valence-corrected chi connectivity index (χ3v) is 4.06. The number of hydrogen-bond donors (Lipinski definition) is 1. The number of nitrogens with one attached hydrogen (secondary N) is 1. The van der Waals surface area contributed by atoms with Crippen molar-refractivity contribution in [2.75, 3.05) is 40.3 Å². The minimum Gasteiger partial charge on any atom is -0.356 e. The number of nitrogens with zero attached hydrogens (tertiary/aromatic N) is 3. The van der Waals surface area contributed by atoms with Crippen LogP contribution in [0.1, 0.15) is 25.3 Å². The molecule has 2 rings (SSSR count). The number of halogens is 1. The van der Waals surface area contributed by atoms with Gasteiger partial charge in [0.05, 0.1) is 6.54 Å². The van der Waals surface area contributed by atoms with Gasteiger partial charge in [-0.3, -0.25) is 0 Å². The summed E-state index contributed by atoms with van der Waals surface area (Å²) in [7, 11) is 4.09. The summed E-state index contributed by atoms with van der Waals surface area (Å²) in [6, 6.07) is 10.4. The summed E-state index contributed by atoms with van der Waals surface area (Å²) in [6.07, 6.45) is 2.73. The molecule has 1 aliphatic heterocycles. The van der Waals surface area contributed by atoms with Gasteiger partial charge >= 0.3 is 0 Å². The maximum Gasteiger partial charge on any atom is 0.193 e. The Morgan fingerprint density at radius 1 is 1.22 bits per heavy atom. The monoisotopic (exact) mass is 430 g/mol. The van der Waals surface area contributed by atoms with Gasteiger partial charge in [-0.2, -0.15) is 0 Å². The topological polar surface area (TPSA) is 30.9 Å². The van der Waals surface area contributed by atoms with Crippen LogP contribution in [-0.2, 0) is 6.54 Å². The number of aliphatic imine (C=N–C) groups is 1. The van der Waals surface area contributed by atoms with E-state index >= 15 is 0 Å². The second kappa shape index (κ2) is 10.9. The van der Waals surface area contributed by atoms with Gasteiger partial charge in [-0.25, -0.2) is 4.99 Å². The van der Waals surface area contributed by atoms with Crippen LogP contribution in [-0.4, -0.2) is 56.0 Å². The van der Waals surface area contributed by atoms with E-state index in [1.54, 1.807) is 0 Å². The smallest absolute Gasteiger partial charge is 0.193 e. The summed E-state index contributed by atoms with van der Waals surface area (Å²) in [5, 5.41) is 3.51. The highest BCUT2D eigenvalue weighted by Crippen LogP contribution is 2.09. The second-order valence-corrected chi connectivity index (χ2v) is 6.51. The van der Waals surface area contributed by atoms with Crippen molar-refractivity contribution in [3.8, 4) is 0 Å². The lowest BCUT2D eigenvalue weighted by atomic mass is 10.1. The van der Waals surface area contributed by atoms with Crippen LogP contribution in [0.25, 0.3) is 0 Å². The molecule has 0 saturated carbocycles. The Kier molecular flexibility index (Phi) is 9.55. The Bertz CT molecular complexity index is 455. The number of rotatable bonds is 6. The van der Waals surface area contributed by atoms with Gasteiger partial charge in [0.1, 0.15) is 0 Å². The third-order valence-electron chi connectivity index (χ3n) is 4.06. The van der Waals surface area contributed by atoms with Gasteiger partial charge in [-0.15, -0.1) is 24.0 Å². The van der Waals surface area contributed by atoms with Gasteiger partial charge in [0.2, 0.25) is 0 Å². The van der Waals surface area contributed by atoms with E-state index in [2.05, 4.69) is 46.3 Å². The first-order valence-electron chi connectivity index (χ1n) is 8.37. The molecule has 1 saturated heterocycles. The fourth-order valence-electron chi connectivity index (χ4n) is 2.84. The van der Waals surface area contributed by atoms with Crippen LogP contribution in [0, 0.1) is 5.92 Å². The molecule has 0 radical (unpaired) electrons. The molecule has 0 aromatic heterocycles. The van der Waals surface area contributed by atoms with E-state index in [1.807, 2.05) is 20.2 Å². The van der Waals surface area contributed by atoms with E-state index in [1.165, 1.54) is 38.0 Å². The van der Waals surface area contributed by atoms with E-state index in [-0.39, 0.29) is 24.0 Å². The Morgan fingerprint density at radius 2 is 1.87 bits per heavy atom. The van der Waals surface area contributed by atoms with Crippen molar-refractivity contribution in [1.29, 1.82) is 0 Å². The molecule has 0 amide bonds. The molecule has 0 bridgehead atoms. The van der Waals surface area contributed by atoms with Crippen molar-refractivity contribution in [3.63, 3.8) is 0 Å². The van der Waals surface area contributed by atoms with Crippen LogP contribution >= 0.6 is 24.0 Å². The predicted molar refractivity (Wildman–Crippen MR) is 110 cm³/mol. The molecule has 1 heterocycles. The molecule has 1 unspecified atom stereocenters. The molecule has 0 aliphatic carbocycles. The Balaban J connectivity index is 0.00000264. The zero-order chi connectivity index (χ0) is 15.8. The van der Waals surface area contributed by atoms with Gasteiger partial charge in [-0.05, 0) is 37.4 Å². The zero-order valence-corrected chi connectivity index (χ0v) is 17.0. The number of benzene rings is 1. The average molecular weight is 430 g/mol. The molecule has 0 spiro atoms. The predicted octanol–water partition coefficient (Wildman–Crippen LogP) is 3.04. The molecule has 4 nitrogen and oxygen atoms in total. The molecular formula is C18H31IN4. The number of hydrogen-bond acceptors (Lipinski definition) is 2. The minimum atomic E-state index is 0. The summed E-state index contributed by atoms with van der Waals surface area (Å²) < 4.78 is 0. The first kappa shape index (κ1) is 20.2. The van der Waals surface area contributed by atoms with E-state index in [0.29, 0.717) is 5.92 Å². The zero-order valence-electron chi connectivity index (χ0n) is 14.7. The molecule has 130 valence electrons. The largest absolute Gasteiger partial charge is 0.356 e. The molecule has 1 fully saturated rings. The van der Waals surface area contributed by atoms with Crippen molar-refractivity contribution in [1.82, 2.24) is 15.1 Å². The van der Waals surface area contributed by atoms with Gasteiger partial charge in [0.25, 0.3) is 0 Å². The van der Waals surface area contributed by atoms with Crippen LogP contribution in [0.5, 0.6) is 0 Å². The van der Waals surface area contributed by atoms with Crippen molar-refractivity contribution in [2.24, 2.45) is 10.9 Å². The van der Waals surface area contributed by atoms with E-state index in [0.717, 1.165) is 19.0 Å². The van der Waals surface area contributed by atoms with Crippen LogP contribution in [0.15, 0.2) is 35.3 Å². The molecule has 1 N–H and O–H groups in total. The molecule has 5 heteroatoms. The molecule has 1 aromatic rings. The fourth-order valence-corrected chi connectivity index (χ4v) is 2.84. The Morgan fingerprint density at radius 3 is 2.48 bits per heavy atom. The van der Waals surface area contributed by atoms with E-state index in [9.17, 15) is 0 Å². The Hall–Kier alpha value is -0.820. The summed E-state index contributed by atoms with van der Waals surface area (Å²) in [5.74, 6) is 1.61. The Labute approximate surface area is 158 Å². The summed E-state index contributed by atoms with van der Waals surface area (Å²) >= 11 is 0. The second-order valence-electron chi connectivity index (χ2n) is 6.51. The fraction of sp³-hybridized carbons (Fsp3) is 0.611. The van der Waals surface area contributed by atoms with Gasteiger partial charge < -0.3 is 15.1 Å². The molecule has 1 aromatic carbocycles. The van der Waals surface area contributed by atoms with Gasteiger partial charge in [0, 0.05) is 27.2 Å². The average Bonchev–Trinajstić information content (AvgIpc) is 3.00. The third kappa shape index (κ3) is 7.52. The van der Waals surface area contributed by atoms with E-state index < -0.39 is 0 Å². The van der Waals surface area contributed by atoms with Crippen molar-refractivity contribution in [2.45, 2.75) is 26.3 Å². The SMILES string of the molecule is CC(CNC(=NCc1ccccc1)N(C)C)CN1CCCC1.I. The number of guanidine groups is 1. The van der Waals surface area contributed by atoms with Crippen molar-refractivity contribution >= 4 is 29.9 Å². The maximum absolute atomic E-state index is 4.72. The summed E-state index contributed by atoms with van der Waals surface area (Å²) in [4.78, 5) is 9.35. The molecule has 1 aliphatic rings. The van der Waals surface area contributed by atoms with Gasteiger partial charge in [0.15, 0.2) is 5.96 Å².